The van der Waals surface area contributed by atoms with Crippen LogP contribution in [-0.4, -0.2) is 58.8 Å². The van der Waals surface area contributed by atoms with E-state index in [1.165, 1.54) is 24.1 Å². The fourth-order valence-corrected chi connectivity index (χ4v) is 5.58. The first-order valence-corrected chi connectivity index (χ1v) is 11.4. The van der Waals surface area contributed by atoms with Gasteiger partial charge in [-0.2, -0.15) is 0 Å². The topological polar surface area (TPSA) is 107 Å². The minimum absolute atomic E-state index is 0.215. The number of allylic oxidation sites excluding steroid dienone is 1. The predicted octanol–water partition coefficient (Wildman–Crippen LogP) is 2.52. The fourth-order valence-electron chi connectivity index (χ4n) is 5.58. The van der Waals surface area contributed by atoms with Crippen molar-refractivity contribution in [1.29, 1.82) is 0 Å². The summed E-state index contributed by atoms with van der Waals surface area (Å²) in [6.45, 7) is 1.77. The van der Waals surface area contributed by atoms with E-state index in [2.05, 4.69) is 0 Å². The number of carbonyl (C=O) groups is 2. The number of hydrogen-bond donors (Lipinski definition) is 3. The van der Waals surface area contributed by atoms with Crippen LogP contribution < -0.4 is 0 Å². The Bertz CT molecular complexity index is 1020. The van der Waals surface area contributed by atoms with Crippen LogP contribution in [-0.2, 0) is 14.2 Å². The van der Waals surface area contributed by atoms with Crippen LogP contribution in [0.4, 0.5) is 4.39 Å². The van der Waals surface area contributed by atoms with Gasteiger partial charge in [0.15, 0.2) is 11.6 Å². The molecule has 9 heteroatoms. The number of likely N-dealkylation sites (tertiary alicyclic amines) is 1. The zero-order valence-electron chi connectivity index (χ0n) is 18.8. The summed E-state index contributed by atoms with van der Waals surface area (Å²) in [7, 11) is 0.426. The lowest BCUT2D eigenvalue weighted by atomic mass is 9.58. The smallest absolute Gasteiger partial charge is 0.455 e. The molecule has 0 spiro atoms. The maximum atomic E-state index is 13.7. The van der Waals surface area contributed by atoms with E-state index in [0.717, 1.165) is 23.1 Å². The van der Waals surface area contributed by atoms with Crippen LogP contribution >= 0.6 is 0 Å². The number of rotatable bonds is 6. The fraction of sp³-hybridized carbons (Fsp3) is 0.500. The number of phenols is 1. The van der Waals surface area contributed by atoms with Crippen LogP contribution in [0.5, 0.6) is 5.75 Å². The van der Waals surface area contributed by atoms with E-state index in [1.54, 1.807) is 6.07 Å². The lowest BCUT2D eigenvalue weighted by molar-refractivity contribution is -0.138. The monoisotopic (exact) mass is 457 g/mol. The quantitative estimate of drug-likeness (QED) is 0.344. The number of phenolic OH excluding ortho intramolecular Hbond substituents is 1. The standard InChI is InChI=1S/C24H29BFNO6/c1-3-13(8-14-4-6-19(29)18(26)9-14)5-7-20-21-15(12-28)10-16-22(17(21)11-25(32)33-20)24(31)27(2)23(16)30/h4,6,8-9,16-17,20,22,28-29,32H,3,5,7,10-12H2,1-2H3/b13-8+/t16-,17+,20-,22-/m1/s1. The highest BCUT2D eigenvalue weighted by molar-refractivity contribution is 6.43. The van der Waals surface area contributed by atoms with Crippen LogP contribution in [0.25, 0.3) is 6.08 Å². The number of aromatic hydroxyl groups is 1. The molecular weight excluding hydrogens is 428 g/mol. The van der Waals surface area contributed by atoms with Crippen molar-refractivity contribution in [2.75, 3.05) is 13.7 Å². The highest BCUT2D eigenvalue weighted by atomic mass is 19.1. The van der Waals surface area contributed by atoms with Crippen molar-refractivity contribution in [1.82, 2.24) is 4.90 Å². The largest absolute Gasteiger partial charge is 0.505 e. The molecule has 0 bridgehead atoms. The molecule has 3 N–H and O–H groups in total. The zero-order chi connectivity index (χ0) is 23.9. The Morgan fingerprint density at radius 3 is 2.73 bits per heavy atom. The van der Waals surface area contributed by atoms with Crippen molar-refractivity contribution in [3.63, 3.8) is 0 Å². The molecule has 176 valence electrons. The van der Waals surface area contributed by atoms with Crippen LogP contribution in [0.3, 0.4) is 0 Å². The minimum Gasteiger partial charge on any atom is -0.505 e. The molecule has 3 aliphatic rings. The normalized spacial score (nSPS) is 27.8. The number of fused-ring (bicyclic) bond motifs is 3. The number of nitrogens with zero attached hydrogens (tertiary/aromatic N) is 1. The summed E-state index contributed by atoms with van der Waals surface area (Å²) in [6.07, 6.45) is 3.76. The van der Waals surface area contributed by atoms with Gasteiger partial charge in [-0.1, -0.05) is 24.6 Å². The Morgan fingerprint density at radius 1 is 1.30 bits per heavy atom. The molecule has 1 aromatic rings. The van der Waals surface area contributed by atoms with E-state index in [0.29, 0.717) is 24.8 Å². The molecule has 4 rings (SSSR count). The number of imide groups is 1. The molecule has 2 amide bonds. The Kier molecular flexibility index (Phi) is 6.74. The van der Waals surface area contributed by atoms with Crippen LogP contribution in [0.2, 0.25) is 6.32 Å². The van der Waals surface area contributed by atoms with Gasteiger partial charge in [0.05, 0.1) is 24.5 Å². The van der Waals surface area contributed by atoms with E-state index >= 15 is 0 Å². The number of hydrogen-bond acceptors (Lipinski definition) is 6. The van der Waals surface area contributed by atoms with Crippen molar-refractivity contribution in [3.8, 4) is 5.75 Å². The average Bonchev–Trinajstić information content (AvgIpc) is 3.01. The molecule has 0 aromatic heterocycles. The Balaban J connectivity index is 1.59. The van der Waals surface area contributed by atoms with Gasteiger partial charge in [0.2, 0.25) is 11.8 Å². The average molecular weight is 457 g/mol. The van der Waals surface area contributed by atoms with Gasteiger partial charge in [-0.15, -0.1) is 0 Å². The molecule has 0 saturated carbocycles. The number of aliphatic hydroxyl groups excluding tert-OH is 1. The summed E-state index contributed by atoms with van der Waals surface area (Å²) in [6, 6.07) is 4.22. The third-order valence-electron chi connectivity index (χ3n) is 7.24. The van der Waals surface area contributed by atoms with Crippen LogP contribution in [0.1, 0.15) is 38.2 Å². The molecule has 1 aliphatic carbocycles. The molecule has 2 saturated heterocycles. The van der Waals surface area contributed by atoms with Crippen LogP contribution in [0, 0.1) is 23.6 Å². The third kappa shape index (κ3) is 4.37. The summed E-state index contributed by atoms with van der Waals surface area (Å²) in [5.74, 6) is -2.93. The van der Waals surface area contributed by atoms with E-state index in [1.807, 2.05) is 13.0 Å². The number of amides is 2. The molecule has 0 radical (unpaired) electrons. The summed E-state index contributed by atoms with van der Waals surface area (Å²) >= 11 is 0. The molecule has 2 aliphatic heterocycles. The SMILES string of the molecule is CC/C(=C\c1ccc(O)c(F)c1)CC[C@H]1OB(O)C[C@H]2C1=C(CO)C[C@H]1C(=O)N(C)C(=O)[C@H]12. The number of carbonyl (C=O) groups excluding carboxylic acids is 2. The maximum absolute atomic E-state index is 13.7. The molecule has 2 heterocycles. The van der Waals surface area contributed by atoms with E-state index in [4.69, 9.17) is 4.65 Å². The second kappa shape index (κ2) is 9.40. The first-order chi connectivity index (χ1) is 15.7. The van der Waals surface area contributed by atoms with Crippen LogP contribution in [0.15, 0.2) is 34.9 Å². The number of benzene rings is 1. The maximum Gasteiger partial charge on any atom is 0.455 e. The van der Waals surface area contributed by atoms with Gasteiger partial charge in [-0.25, -0.2) is 4.39 Å². The molecule has 0 unspecified atom stereocenters. The molecule has 33 heavy (non-hydrogen) atoms. The van der Waals surface area contributed by atoms with Gasteiger partial charge in [0.25, 0.3) is 0 Å². The lowest BCUT2D eigenvalue weighted by Crippen LogP contribution is -2.46. The Labute approximate surface area is 192 Å². The summed E-state index contributed by atoms with van der Waals surface area (Å²) in [5.41, 5.74) is 3.23. The minimum atomic E-state index is -1.06. The highest BCUT2D eigenvalue weighted by Gasteiger charge is 2.56. The highest BCUT2D eigenvalue weighted by Crippen LogP contribution is 2.50. The van der Waals surface area contributed by atoms with Crippen molar-refractivity contribution in [3.05, 3.63) is 46.3 Å². The van der Waals surface area contributed by atoms with Crippen molar-refractivity contribution < 1.29 is 33.9 Å². The molecule has 7 nitrogen and oxygen atoms in total. The van der Waals surface area contributed by atoms with E-state index < -0.39 is 36.6 Å². The Hall–Kier alpha value is -2.49. The zero-order valence-corrected chi connectivity index (χ0v) is 18.8. The molecule has 1 aromatic carbocycles. The van der Waals surface area contributed by atoms with E-state index in [9.17, 15) is 29.2 Å². The van der Waals surface area contributed by atoms with Gasteiger partial charge in [0.1, 0.15) is 0 Å². The Morgan fingerprint density at radius 2 is 2.06 bits per heavy atom. The molecule has 2 fully saturated rings. The van der Waals surface area contributed by atoms with Gasteiger partial charge < -0.3 is 19.9 Å². The number of halogens is 1. The van der Waals surface area contributed by atoms with Gasteiger partial charge >= 0.3 is 7.12 Å². The summed E-state index contributed by atoms with van der Waals surface area (Å²) in [5, 5.41) is 29.9. The summed E-state index contributed by atoms with van der Waals surface area (Å²) < 4.78 is 19.6. The molecular formula is C24H29BFNO6. The second-order valence-electron chi connectivity index (χ2n) is 9.12. The van der Waals surface area contributed by atoms with Gasteiger partial charge in [0, 0.05) is 7.05 Å². The van der Waals surface area contributed by atoms with Gasteiger partial charge in [-0.05, 0) is 66.8 Å². The second-order valence-corrected chi connectivity index (χ2v) is 9.12. The van der Waals surface area contributed by atoms with Crippen molar-refractivity contribution >= 4 is 25.0 Å². The molecule has 4 atom stereocenters. The van der Waals surface area contributed by atoms with Crippen molar-refractivity contribution in [2.24, 2.45) is 17.8 Å². The predicted molar refractivity (Wildman–Crippen MR) is 120 cm³/mol. The van der Waals surface area contributed by atoms with E-state index in [-0.39, 0.29) is 30.7 Å². The lowest BCUT2D eigenvalue weighted by Gasteiger charge is -2.43. The first kappa shape index (κ1) is 23.7. The first-order valence-electron chi connectivity index (χ1n) is 11.4. The summed E-state index contributed by atoms with van der Waals surface area (Å²) in [4.78, 5) is 26.6. The van der Waals surface area contributed by atoms with Crippen molar-refractivity contribution in [2.45, 2.75) is 45.0 Å². The number of aliphatic hydroxyl groups is 1. The third-order valence-corrected chi connectivity index (χ3v) is 7.24. The van der Waals surface area contributed by atoms with Gasteiger partial charge in [-0.3, -0.25) is 14.5 Å².